The summed E-state index contributed by atoms with van der Waals surface area (Å²) in [6.45, 7) is 1.93. The molecule has 0 aliphatic carbocycles. The van der Waals surface area contributed by atoms with Crippen LogP contribution in [0.3, 0.4) is 0 Å². The zero-order chi connectivity index (χ0) is 21.3. The van der Waals surface area contributed by atoms with Crippen LogP contribution in [-0.4, -0.2) is 17.6 Å². The Morgan fingerprint density at radius 1 is 0.933 bits per heavy atom. The predicted molar refractivity (Wildman–Crippen MR) is 125 cm³/mol. The van der Waals surface area contributed by atoms with Crippen LogP contribution in [0.4, 0.5) is 5.69 Å². The normalized spacial score (nSPS) is 11.5. The first kappa shape index (κ1) is 21.9. The van der Waals surface area contributed by atoms with Crippen LogP contribution in [0, 0.1) is 0 Å². The van der Waals surface area contributed by atoms with E-state index in [9.17, 15) is 9.59 Å². The van der Waals surface area contributed by atoms with Crippen molar-refractivity contribution in [3.05, 3.63) is 101 Å². The third kappa shape index (κ3) is 6.37. The molecule has 2 amide bonds. The summed E-state index contributed by atoms with van der Waals surface area (Å²) in [5, 5.41) is 6.54. The Bertz CT molecular complexity index is 994. The number of anilines is 1. The lowest BCUT2D eigenvalue weighted by Gasteiger charge is -2.16. The van der Waals surface area contributed by atoms with E-state index in [0.717, 1.165) is 11.1 Å². The number of nitrogens with one attached hydrogen (secondary N) is 2. The van der Waals surface area contributed by atoms with Crippen LogP contribution in [0.2, 0.25) is 5.02 Å². The number of hydrogen-bond acceptors (Lipinski definition) is 3. The first-order valence-electron chi connectivity index (χ1n) is 9.60. The molecule has 2 N–H and O–H groups in total. The summed E-state index contributed by atoms with van der Waals surface area (Å²) in [4.78, 5) is 25.2. The minimum Gasteiger partial charge on any atom is -0.345 e. The molecular weight excluding hydrogens is 416 g/mol. The number of rotatable bonds is 8. The standard InChI is InChI=1S/C24H23ClN2O2S/c1-17(19-7-3-2-4-8-19)26-24(29)21-9-5-6-10-22(21)27-23(28)16-30-15-18-11-13-20(25)14-12-18/h2-14,17H,15-16H2,1H3,(H,26,29)(H,27,28)/t17-/m0/s1. The van der Waals surface area contributed by atoms with Crippen molar-refractivity contribution in [2.45, 2.75) is 18.7 Å². The van der Waals surface area contributed by atoms with Crippen molar-refractivity contribution in [2.24, 2.45) is 0 Å². The summed E-state index contributed by atoms with van der Waals surface area (Å²) in [6, 6.07) is 24.2. The fourth-order valence-corrected chi connectivity index (χ4v) is 3.83. The molecule has 0 spiro atoms. The lowest BCUT2D eigenvalue weighted by atomic mass is 10.1. The zero-order valence-electron chi connectivity index (χ0n) is 16.6. The maximum atomic E-state index is 12.8. The van der Waals surface area contributed by atoms with Gasteiger partial charge in [0.25, 0.3) is 5.91 Å². The Morgan fingerprint density at radius 3 is 2.33 bits per heavy atom. The highest BCUT2D eigenvalue weighted by atomic mass is 35.5. The molecule has 0 aromatic heterocycles. The molecule has 1 atom stereocenters. The first-order chi connectivity index (χ1) is 14.5. The van der Waals surface area contributed by atoms with Gasteiger partial charge >= 0.3 is 0 Å². The van der Waals surface area contributed by atoms with E-state index < -0.39 is 0 Å². The highest BCUT2D eigenvalue weighted by molar-refractivity contribution is 7.99. The summed E-state index contributed by atoms with van der Waals surface area (Å²) in [6.07, 6.45) is 0. The van der Waals surface area contributed by atoms with E-state index in [1.165, 1.54) is 11.8 Å². The molecule has 4 nitrogen and oxygen atoms in total. The van der Waals surface area contributed by atoms with E-state index in [0.29, 0.717) is 27.8 Å². The third-order valence-electron chi connectivity index (χ3n) is 4.51. The molecule has 6 heteroatoms. The summed E-state index contributed by atoms with van der Waals surface area (Å²) < 4.78 is 0. The Labute approximate surface area is 186 Å². The molecule has 30 heavy (non-hydrogen) atoms. The fraction of sp³-hybridized carbons (Fsp3) is 0.167. The zero-order valence-corrected chi connectivity index (χ0v) is 18.2. The lowest BCUT2D eigenvalue weighted by molar-refractivity contribution is -0.113. The summed E-state index contributed by atoms with van der Waals surface area (Å²) >= 11 is 7.40. The SMILES string of the molecule is C[C@H](NC(=O)c1ccccc1NC(=O)CSCc1ccc(Cl)cc1)c1ccccc1. The molecule has 0 unspecified atom stereocenters. The Balaban J connectivity index is 1.56. The van der Waals surface area contributed by atoms with Gasteiger partial charge in [0.15, 0.2) is 0 Å². The van der Waals surface area contributed by atoms with Gasteiger partial charge in [-0.2, -0.15) is 0 Å². The van der Waals surface area contributed by atoms with Crippen molar-refractivity contribution >= 4 is 40.9 Å². The number of carbonyl (C=O) groups excluding carboxylic acids is 2. The smallest absolute Gasteiger partial charge is 0.253 e. The number of para-hydroxylation sites is 1. The average Bonchev–Trinajstić information content (AvgIpc) is 2.76. The molecule has 154 valence electrons. The van der Waals surface area contributed by atoms with Crippen LogP contribution < -0.4 is 10.6 Å². The quantitative estimate of drug-likeness (QED) is 0.474. The number of halogens is 1. The van der Waals surface area contributed by atoms with Gasteiger partial charge in [-0.05, 0) is 42.3 Å². The van der Waals surface area contributed by atoms with Crippen molar-refractivity contribution in [3.8, 4) is 0 Å². The number of carbonyl (C=O) groups is 2. The molecule has 3 aromatic rings. The van der Waals surface area contributed by atoms with Gasteiger partial charge in [-0.25, -0.2) is 0 Å². The van der Waals surface area contributed by atoms with Gasteiger partial charge in [0.1, 0.15) is 0 Å². The van der Waals surface area contributed by atoms with Crippen LogP contribution in [-0.2, 0) is 10.5 Å². The van der Waals surface area contributed by atoms with E-state index in [-0.39, 0.29) is 17.9 Å². The fourth-order valence-electron chi connectivity index (χ4n) is 2.92. The van der Waals surface area contributed by atoms with Crippen molar-refractivity contribution in [1.29, 1.82) is 0 Å². The van der Waals surface area contributed by atoms with Gasteiger partial charge < -0.3 is 10.6 Å². The predicted octanol–water partition coefficient (Wildman–Crippen LogP) is 5.70. The maximum Gasteiger partial charge on any atom is 0.253 e. The van der Waals surface area contributed by atoms with Crippen LogP contribution >= 0.6 is 23.4 Å². The number of thioether (sulfide) groups is 1. The molecular formula is C24H23ClN2O2S. The number of benzene rings is 3. The molecule has 0 saturated carbocycles. The summed E-state index contributed by atoms with van der Waals surface area (Å²) in [5.74, 6) is 0.627. The van der Waals surface area contributed by atoms with Gasteiger partial charge in [0, 0.05) is 10.8 Å². The summed E-state index contributed by atoms with van der Waals surface area (Å²) in [7, 11) is 0. The molecule has 0 aliphatic rings. The summed E-state index contributed by atoms with van der Waals surface area (Å²) in [5.41, 5.74) is 3.07. The van der Waals surface area contributed by atoms with Crippen LogP contribution in [0.25, 0.3) is 0 Å². The highest BCUT2D eigenvalue weighted by Crippen LogP contribution is 2.19. The molecule has 3 aromatic carbocycles. The molecule has 0 bridgehead atoms. The van der Waals surface area contributed by atoms with Crippen molar-refractivity contribution in [2.75, 3.05) is 11.1 Å². The lowest BCUT2D eigenvalue weighted by Crippen LogP contribution is -2.28. The molecule has 0 heterocycles. The van der Waals surface area contributed by atoms with Crippen molar-refractivity contribution in [3.63, 3.8) is 0 Å². The van der Waals surface area contributed by atoms with Crippen molar-refractivity contribution in [1.82, 2.24) is 5.32 Å². The van der Waals surface area contributed by atoms with E-state index in [2.05, 4.69) is 10.6 Å². The van der Waals surface area contributed by atoms with Crippen LogP contribution in [0.15, 0.2) is 78.9 Å². The Hall–Kier alpha value is -2.76. The van der Waals surface area contributed by atoms with Gasteiger partial charge in [0.2, 0.25) is 5.91 Å². The molecule has 0 radical (unpaired) electrons. The molecule has 0 aliphatic heterocycles. The minimum atomic E-state index is -0.226. The van der Waals surface area contributed by atoms with Crippen LogP contribution in [0.1, 0.15) is 34.5 Å². The minimum absolute atomic E-state index is 0.141. The number of hydrogen-bond donors (Lipinski definition) is 2. The molecule has 3 rings (SSSR count). The molecule has 0 saturated heterocycles. The van der Waals surface area contributed by atoms with Crippen molar-refractivity contribution < 1.29 is 9.59 Å². The maximum absolute atomic E-state index is 12.8. The van der Waals surface area contributed by atoms with E-state index in [1.54, 1.807) is 24.3 Å². The monoisotopic (exact) mass is 438 g/mol. The van der Waals surface area contributed by atoms with E-state index >= 15 is 0 Å². The Morgan fingerprint density at radius 2 is 1.60 bits per heavy atom. The third-order valence-corrected chi connectivity index (χ3v) is 5.76. The van der Waals surface area contributed by atoms with E-state index in [4.69, 9.17) is 11.6 Å². The second-order valence-electron chi connectivity index (χ2n) is 6.82. The van der Waals surface area contributed by atoms with Gasteiger partial charge in [0.05, 0.1) is 23.0 Å². The second-order valence-corrected chi connectivity index (χ2v) is 8.24. The second kappa shape index (κ2) is 10.9. The molecule has 0 fully saturated rings. The van der Waals surface area contributed by atoms with Gasteiger partial charge in [-0.1, -0.05) is 66.2 Å². The largest absolute Gasteiger partial charge is 0.345 e. The Kier molecular flexibility index (Phi) is 7.94. The topological polar surface area (TPSA) is 58.2 Å². The average molecular weight is 439 g/mol. The first-order valence-corrected chi connectivity index (χ1v) is 11.1. The number of amides is 2. The van der Waals surface area contributed by atoms with Crippen LogP contribution in [0.5, 0.6) is 0 Å². The highest BCUT2D eigenvalue weighted by Gasteiger charge is 2.16. The van der Waals surface area contributed by atoms with Gasteiger partial charge in [-0.3, -0.25) is 9.59 Å². The van der Waals surface area contributed by atoms with Gasteiger partial charge in [-0.15, -0.1) is 11.8 Å². The van der Waals surface area contributed by atoms with E-state index in [1.807, 2.05) is 61.5 Å².